The zero-order valence-electron chi connectivity index (χ0n) is 13.9. The summed E-state index contributed by atoms with van der Waals surface area (Å²) >= 11 is 0. The molecule has 1 heterocycles. The summed E-state index contributed by atoms with van der Waals surface area (Å²) < 4.78 is 82.6. The van der Waals surface area contributed by atoms with Crippen molar-refractivity contribution in [3.05, 3.63) is 66.9 Å². The highest BCUT2D eigenvalue weighted by molar-refractivity contribution is 5.81. The molecule has 28 heavy (non-hydrogen) atoms. The molecule has 3 nitrogen and oxygen atoms in total. The number of rotatable bonds is 4. The molecule has 2 aromatic carbocycles. The Morgan fingerprint density at radius 1 is 0.643 bits per heavy atom. The van der Waals surface area contributed by atoms with Crippen LogP contribution in [0.25, 0.3) is 22.4 Å². The van der Waals surface area contributed by atoms with Gasteiger partial charge in [-0.3, -0.25) is 4.98 Å². The quantitative estimate of drug-likeness (QED) is 0.489. The third kappa shape index (κ3) is 5.15. The molecule has 1 aromatic heterocycles. The smallest absolute Gasteiger partial charge is 0.406 e. The highest BCUT2D eigenvalue weighted by atomic mass is 19.4. The average molecular weight is 399 g/mol. The van der Waals surface area contributed by atoms with Crippen LogP contribution < -0.4 is 9.47 Å². The summed E-state index contributed by atoms with van der Waals surface area (Å²) in [4.78, 5) is 4.17. The number of alkyl halides is 6. The van der Waals surface area contributed by atoms with Gasteiger partial charge in [-0.05, 0) is 35.9 Å². The first-order valence-corrected chi connectivity index (χ1v) is 7.78. The molecule has 0 unspecified atom stereocenters. The molecule has 0 amide bonds. The fraction of sp³-hybridized carbons (Fsp3) is 0.105. The zero-order chi connectivity index (χ0) is 20.4. The van der Waals surface area contributed by atoms with Crippen molar-refractivity contribution in [1.82, 2.24) is 4.98 Å². The topological polar surface area (TPSA) is 31.4 Å². The molecule has 0 atom stereocenters. The number of benzene rings is 2. The van der Waals surface area contributed by atoms with Crippen LogP contribution in [-0.4, -0.2) is 17.7 Å². The van der Waals surface area contributed by atoms with Crippen LogP contribution in [0.3, 0.4) is 0 Å². The van der Waals surface area contributed by atoms with Crippen molar-refractivity contribution in [3.63, 3.8) is 0 Å². The van der Waals surface area contributed by atoms with Crippen molar-refractivity contribution in [1.29, 1.82) is 0 Å². The van der Waals surface area contributed by atoms with Gasteiger partial charge in [0.15, 0.2) is 0 Å². The van der Waals surface area contributed by atoms with Gasteiger partial charge in [0.25, 0.3) is 0 Å². The Kier molecular flexibility index (Phi) is 5.17. The van der Waals surface area contributed by atoms with Crippen LogP contribution in [0.4, 0.5) is 26.3 Å². The van der Waals surface area contributed by atoms with Crippen molar-refractivity contribution in [3.8, 4) is 33.9 Å². The summed E-state index contributed by atoms with van der Waals surface area (Å²) in [5.41, 5.74) is 1.35. The molecular weight excluding hydrogens is 388 g/mol. The van der Waals surface area contributed by atoms with E-state index < -0.39 is 24.2 Å². The highest BCUT2D eigenvalue weighted by Gasteiger charge is 2.32. The number of hydrogen-bond acceptors (Lipinski definition) is 3. The standard InChI is InChI=1S/C19H11F6NO2/c20-18(21,22)27-14-6-1-4-12(10-14)16-8-3-9-26-17(16)13-5-2-7-15(11-13)28-19(23,24)25/h1-11H. The summed E-state index contributed by atoms with van der Waals surface area (Å²) in [6.07, 6.45) is -8.28. The number of pyridine rings is 1. The van der Waals surface area contributed by atoms with Gasteiger partial charge in [0.1, 0.15) is 11.5 Å². The number of halogens is 6. The van der Waals surface area contributed by atoms with Crippen molar-refractivity contribution in [2.45, 2.75) is 12.7 Å². The largest absolute Gasteiger partial charge is 0.573 e. The summed E-state index contributed by atoms with van der Waals surface area (Å²) in [5.74, 6) is -0.857. The van der Waals surface area contributed by atoms with E-state index >= 15 is 0 Å². The molecule has 0 fully saturated rings. The van der Waals surface area contributed by atoms with E-state index in [2.05, 4.69) is 14.5 Å². The second kappa shape index (κ2) is 7.41. The molecule has 0 aliphatic rings. The van der Waals surface area contributed by atoms with Crippen LogP contribution >= 0.6 is 0 Å². The molecular formula is C19H11F6NO2. The second-order valence-electron chi connectivity index (χ2n) is 5.55. The number of aromatic nitrogens is 1. The monoisotopic (exact) mass is 399 g/mol. The lowest BCUT2D eigenvalue weighted by atomic mass is 9.99. The van der Waals surface area contributed by atoms with Crippen molar-refractivity contribution in [2.24, 2.45) is 0 Å². The maximum atomic E-state index is 12.5. The zero-order valence-corrected chi connectivity index (χ0v) is 13.9. The Balaban J connectivity index is 2.01. The van der Waals surface area contributed by atoms with Gasteiger partial charge in [-0.1, -0.05) is 30.3 Å². The van der Waals surface area contributed by atoms with Crippen LogP contribution in [0, 0.1) is 0 Å². The van der Waals surface area contributed by atoms with Gasteiger partial charge in [-0.2, -0.15) is 0 Å². The van der Waals surface area contributed by atoms with E-state index in [1.807, 2.05) is 0 Å². The molecule has 0 N–H and O–H groups in total. The molecule has 146 valence electrons. The maximum absolute atomic E-state index is 12.5. The predicted octanol–water partition coefficient (Wildman–Crippen LogP) is 6.21. The van der Waals surface area contributed by atoms with E-state index in [0.29, 0.717) is 16.7 Å². The van der Waals surface area contributed by atoms with Crippen LogP contribution in [-0.2, 0) is 0 Å². The highest BCUT2D eigenvalue weighted by Crippen LogP contribution is 2.35. The Labute approximate surface area is 155 Å². The Hall–Kier alpha value is -3.23. The van der Waals surface area contributed by atoms with E-state index in [0.717, 1.165) is 18.2 Å². The molecule has 0 aliphatic heterocycles. The van der Waals surface area contributed by atoms with Crippen LogP contribution in [0.5, 0.6) is 11.5 Å². The summed E-state index contributed by atoms with van der Waals surface area (Å²) in [6, 6.07) is 13.5. The molecule has 0 saturated heterocycles. The molecule has 0 radical (unpaired) electrons. The first kappa shape index (κ1) is 19.5. The van der Waals surface area contributed by atoms with E-state index in [4.69, 9.17) is 0 Å². The molecule has 0 spiro atoms. The fourth-order valence-corrected chi connectivity index (χ4v) is 2.57. The fourth-order valence-electron chi connectivity index (χ4n) is 2.57. The Morgan fingerprint density at radius 3 is 1.75 bits per heavy atom. The van der Waals surface area contributed by atoms with Crippen LogP contribution in [0.1, 0.15) is 0 Å². The summed E-state index contributed by atoms with van der Waals surface area (Å²) in [5, 5.41) is 0. The average Bonchev–Trinajstić information content (AvgIpc) is 2.59. The summed E-state index contributed by atoms with van der Waals surface area (Å²) in [7, 11) is 0. The Bertz CT molecular complexity index is 890. The molecule has 0 aliphatic carbocycles. The predicted molar refractivity (Wildman–Crippen MR) is 88.5 cm³/mol. The molecule has 3 aromatic rings. The maximum Gasteiger partial charge on any atom is 0.573 e. The number of hydrogen-bond donors (Lipinski definition) is 0. The van der Waals surface area contributed by atoms with Gasteiger partial charge in [-0.25, -0.2) is 0 Å². The van der Waals surface area contributed by atoms with Crippen molar-refractivity contribution in [2.75, 3.05) is 0 Å². The van der Waals surface area contributed by atoms with Crippen LogP contribution in [0.15, 0.2) is 66.9 Å². The lowest BCUT2D eigenvalue weighted by molar-refractivity contribution is -0.275. The third-order valence-electron chi connectivity index (χ3n) is 3.53. The molecule has 0 saturated carbocycles. The van der Waals surface area contributed by atoms with Crippen molar-refractivity contribution >= 4 is 0 Å². The van der Waals surface area contributed by atoms with Gasteiger partial charge in [0, 0.05) is 17.3 Å². The van der Waals surface area contributed by atoms with Crippen LogP contribution in [0.2, 0.25) is 0 Å². The van der Waals surface area contributed by atoms with Crippen molar-refractivity contribution < 1.29 is 35.8 Å². The van der Waals surface area contributed by atoms with Gasteiger partial charge >= 0.3 is 12.7 Å². The number of ether oxygens (including phenoxy) is 2. The lowest BCUT2D eigenvalue weighted by Gasteiger charge is -2.13. The van der Waals surface area contributed by atoms with E-state index in [9.17, 15) is 26.3 Å². The van der Waals surface area contributed by atoms with E-state index in [1.54, 1.807) is 18.2 Å². The third-order valence-corrected chi connectivity index (χ3v) is 3.53. The molecule has 3 rings (SSSR count). The SMILES string of the molecule is FC(F)(F)Oc1cccc(-c2cccnc2-c2cccc(OC(F)(F)F)c2)c1. The molecule has 0 bridgehead atoms. The minimum Gasteiger partial charge on any atom is -0.406 e. The first-order chi connectivity index (χ1) is 13.1. The normalized spacial score (nSPS) is 11.9. The second-order valence-corrected chi connectivity index (χ2v) is 5.55. The lowest BCUT2D eigenvalue weighted by Crippen LogP contribution is -2.17. The minimum atomic E-state index is -4.85. The van der Waals surface area contributed by atoms with Gasteiger partial charge < -0.3 is 9.47 Å². The van der Waals surface area contributed by atoms with Gasteiger partial charge in [0.2, 0.25) is 0 Å². The van der Waals surface area contributed by atoms with E-state index in [1.165, 1.54) is 30.5 Å². The van der Waals surface area contributed by atoms with E-state index in [-0.39, 0.29) is 5.69 Å². The van der Waals surface area contributed by atoms with Gasteiger partial charge in [0.05, 0.1) is 5.69 Å². The number of nitrogens with zero attached hydrogens (tertiary/aromatic N) is 1. The summed E-state index contributed by atoms with van der Waals surface area (Å²) in [6.45, 7) is 0. The Morgan fingerprint density at radius 2 is 1.18 bits per heavy atom. The van der Waals surface area contributed by atoms with Gasteiger partial charge in [-0.15, -0.1) is 26.3 Å². The molecule has 9 heteroatoms. The first-order valence-electron chi connectivity index (χ1n) is 7.78. The minimum absolute atomic E-state index is 0.277.